The zero-order chi connectivity index (χ0) is 9.54. The summed E-state index contributed by atoms with van der Waals surface area (Å²) in [5.74, 6) is 0.683. The van der Waals surface area contributed by atoms with Crippen LogP contribution >= 0.6 is 0 Å². The summed E-state index contributed by atoms with van der Waals surface area (Å²) in [5, 5.41) is 0. The van der Waals surface area contributed by atoms with Crippen molar-refractivity contribution >= 4 is 11.7 Å². The van der Waals surface area contributed by atoms with Gasteiger partial charge in [-0.05, 0) is 31.1 Å². The van der Waals surface area contributed by atoms with Crippen LogP contribution in [0.25, 0.3) is 11.7 Å². The Morgan fingerprint density at radius 1 is 1.43 bits per heavy atom. The largest absolute Gasteiger partial charge is 0.300 e. The van der Waals surface area contributed by atoms with Gasteiger partial charge in [0.25, 0.3) is 0 Å². The number of imidazole rings is 1. The van der Waals surface area contributed by atoms with E-state index in [-0.39, 0.29) is 0 Å². The molecule has 14 heavy (non-hydrogen) atoms. The summed E-state index contributed by atoms with van der Waals surface area (Å²) in [6.45, 7) is 3.86. The van der Waals surface area contributed by atoms with Crippen LogP contribution in [0.5, 0.6) is 0 Å². The lowest BCUT2D eigenvalue weighted by Crippen LogP contribution is -1.87. The highest BCUT2D eigenvalue weighted by molar-refractivity contribution is 5.56. The van der Waals surface area contributed by atoms with Gasteiger partial charge in [0.15, 0.2) is 0 Å². The molecule has 0 amide bonds. The van der Waals surface area contributed by atoms with E-state index in [1.54, 1.807) is 0 Å². The van der Waals surface area contributed by atoms with Crippen molar-refractivity contribution in [3.63, 3.8) is 0 Å². The first-order valence-electron chi connectivity index (χ1n) is 4.99. The van der Waals surface area contributed by atoms with Crippen LogP contribution in [0.3, 0.4) is 0 Å². The standard InChI is InChI=1S/C12H12N2/c1-2-10-12(9-6-7-9)13-11-5-3-4-8-14(10)11/h2-5,8-9H,1,6-7H2. The Kier molecular flexibility index (Phi) is 1.51. The molecule has 0 aromatic carbocycles. The van der Waals surface area contributed by atoms with E-state index in [1.165, 1.54) is 24.2 Å². The molecule has 2 nitrogen and oxygen atoms in total. The molecule has 70 valence electrons. The first kappa shape index (κ1) is 7.80. The minimum absolute atomic E-state index is 0.683. The fourth-order valence-electron chi connectivity index (χ4n) is 1.89. The van der Waals surface area contributed by atoms with Crippen molar-refractivity contribution in [3.8, 4) is 0 Å². The molecule has 0 radical (unpaired) electrons. The lowest BCUT2D eigenvalue weighted by molar-refractivity contribution is 1.05. The van der Waals surface area contributed by atoms with E-state index in [0.717, 1.165) is 5.65 Å². The van der Waals surface area contributed by atoms with E-state index in [4.69, 9.17) is 0 Å². The van der Waals surface area contributed by atoms with E-state index >= 15 is 0 Å². The predicted molar refractivity (Wildman–Crippen MR) is 57.3 cm³/mol. The van der Waals surface area contributed by atoms with Crippen LogP contribution < -0.4 is 0 Å². The van der Waals surface area contributed by atoms with Crippen LogP contribution in [0, 0.1) is 0 Å². The highest BCUT2D eigenvalue weighted by Crippen LogP contribution is 2.41. The molecule has 1 saturated carbocycles. The molecule has 0 unspecified atom stereocenters. The summed E-state index contributed by atoms with van der Waals surface area (Å²) in [7, 11) is 0. The van der Waals surface area contributed by atoms with Gasteiger partial charge in [0.05, 0.1) is 11.4 Å². The predicted octanol–water partition coefficient (Wildman–Crippen LogP) is 2.85. The molecule has 2 aromatic rings. The molecule has 2 heterocycles. The van der Waals surface area contributed by atoms with Crippen molar-refractivity contribution in [1.29, 1.82) is 0 Å². The lowest BCUT2D eigenvalue weighted by Gasteiger charge is -1.96. The Morgan fingerprint density at radius 2 is 2.29 bits per heavy atom. The van der Waals surface area contributed by atoms with Crippen molar-refractivity contribution in [2.75, 3.05) is 0 Å². The molecule has 2 heteroatoms. The third kappa shape index (κ3) is 1.00. The first-order valence-corrected chi connectivity index (χ1v) is 4.99. The number of nitrogens with zero attached hydrogens (tertiary/aromatic N) is 2. The zero-order valence-corrected chi connectivity index (χ0v) is 7.98. The molecule has 0 aliphatic heterocycles. The number of hydrogen-bond acceptors (Lipinski definition) is 1. The topological polar surface area (TPSA) is 17.3 Å². The quantitative estimate of drug-likeness (QED) is 0.701. The molecule has 0 spiro atoms. The molecule has 1 aliphatic carbocycles. The number of pyridine rings is 1. The van der Waals surface area contributed by atoms with Crippen LogP contribution in [0.4, 0.5) is 0 Å². The van der Waals surface area contributed by atoms with Crippen LogP contribution in [-0.2, 0) is 0 Å². The van der Waals surface area contributed by atoms with Crippen molar-refractivity contribution in [1.82, 2.24) is 9.38 Å². The highest BCUT2D eigenvalue weighted by Gasteiger charge is 2.28. The molecule has 0 atom stereocenters. The molecule has 1 fully saturated rings. The van der Waals surface area contributed by atoms with Crippen LogP contribution in [0.1, 0.15) is 30.1 Å². The Balaban J connectivity index is 2.33. The van der Waals surface area contributed by atoms with Crippen molar-refractivity contribution in [3.05, 3.63) is 42.4 Å². The van der Waals surface area contributed by atoms with E-state index in [1.807, 2.05) is 30.5 Å². The maximum Gasteiger partial charge on any atom is 0.137 e. The van der Waals surface area contributed by atoms with Crippen LogP contribution in [0.2, 0.25) is 0 Å². The maximum absolute atomic E-state index is 4.64. The molecule has 2 aromatic heterocycles. The van der Waals surface area contributed by atoms with Gasteiger partial charge in [-0.2, -0.15) is 0 Å². The first-order chi connectivity index (χ1) is 6.90. The Labute approximate surface area is 82.9 Å². The third-order valence-electron chi connectivity index (χ3n) is 2.75. The van der Waals surface area contributed by atoms with E-state index < -0.39 is 0 Å². The number of rotatable bonds is 2. The molecule has 0 saturated heterocycles. The molecule has 1 aliphatic rings. The fourth-order valence-corrected chi connectivity index (χ4v) is 1.89. The Hall–Kier alpha value is -1.57. The normalized spacial score (nSPS) is 16.0. The summed E-state index contributed by atoms with van der Waals surface area (Å²) < 4.78 is 2.11. The van der Waals surface area contributed by atoms with Gasteiger partial charge in [-0.15, -0.1) is 0 Å². The molecular weight excluding hydrogens is 172 g/mol. The Morgan fingerprint density at radius 3 is 3.00 bits per heavy atom. The van der Waals surface area contributed by atoms with Gasteiger partial charge >= 0.3 is 0 Å². The van der Waals surface area contributed by atoms with Gasteiger partial charge in [0.1, 0.15) is 5.65 Å². The smallest absolute Gasteiger partial charge is 0.137 e. The second kappa shape index (κ2) is 2.71. The van der Waals surface area contributed by atoms with Gasteiger partial charge < -0.3 is 4.40 Å². The zero-order valence-electron chi connectivity index (χ0n) is 7.98. The third-order valence-corrected chi connectivity index (χ3v) is 2.75. The monoisotopic (exact) mass is 184 g/mol. The van der Waals surface area contributed by atoms with Crippen LogP contribution in [-0.4, -0.2) is 9.38 Å². The SMILES string of the molecule is C=Cc1c(C2CC2)nc2ccccn12. The number of fused-ring (bicyclic) bond motifs is 1. The van der Waals surface area contributed by atoms with Gasteiger partial charge in [-0.25, -0.2) is 4.98 Å². The molecular formula is C12H12N2. The van der Waals surface area contributed by atoms with E-state index in [9.17, 15) is 0 Å². The van der Waals surface area contributed by atoms with E-state index in [0.29, 0.717) is 5.92 Å². The minimum atomic E-state index is 0.683. The Bertz CT molecular complexity index is 492. The van der Waals surface area contributed by atoms with Crippen molar-refractivity contribution in [2.24, 2.45) is 0 Å². The lowest BCUT2D eigenvalue weighted by atomic mass is 10.2. The average Bonchev–Trinajstić information content (AvgIpc) is 2.99. The van der Waals surface area contributed by atoms with Crippen LogP contribution in [0.15, 0.2) is 31.0 Å². The van der Waals surface area contributed by atoms with E-state index in [2.05, 4.69) is 16.0 Å². The van der Waals surface area contributed by atoms with Gasteiger partial charge in [-0.3, -0.25) is 0 Å². The second-order valence-electron chi connectivity index (χ2n) is 3.79. The second-order valence-corrected chi connectivity index (χ2v) is 3.79. The minimum Gasteiger partial charge on any atom is -0.300 e. The van der Waals surface area contributed by atoms with Gasteiger partial charge in [0.2, 0.25) is 0 Å². The molecule has 0 bridgehead atoms. The van der Waals surface area contributed by atoms with Crippen molar-refractivity contribution in [2.45, 2.75) is 18.8 Å². The number of aromatic nitrogens is 2. The summed E-state index contributed by atoms with van der Waals surface area (Å²) in [6, 6.07) is 6.09. The average molecular weight is 184 g/mol. The van der Waals surface area contributed by atoms with Gasteiger partial charge in [0, 0.05) is 12.1 Å². The maximum atomic E-state index is 4.64. The molecule has 3 rings (SSSR count). The van der Waals surface area contributed by atoms with Crippen molar-refractivity contribution < 1.29 is 0 Å². The fraction of sp³-hybridized carbons (Fsp3) is 0.250. The summed E-state index contributed by atoms with van der Waals surface area (Å²) in [4.78, 5) is 4.64. The summed E-state index contributed by atoms with van der Waals surface area (Å²) in [5.41, 5.74) is 3.43. The highest BCUT2D eigenvalue weighted by atomic mass is 15.0. The van der Waals surface area contributed by atoms with Gasteiger partial charge in [-0.1, -0.05) is 12.6 Å². The molecule has 0 N–H and O–H groups in total. The summed E-state index contributed by atoms with van der Waals surface area (Å²) in [6.07, 6.45) is 6.52. The number of hydrogen-bond donors (Lipinski definition) is 0. The summed E-state index contributed by atoms with van der Waals surface area (Å²) >= 11 is 0.